The molecule has 1 aromatic carbocycles. The van der Waals surface area contributed by atoms with E-state index in [4.69, 9.17) is 28.8 Å². The Morgan fingerprint density at radius 1 is 1.04 bits per heavy atom. The van der Waals surface area contributed by atoms with E-state index in [1.54, 1.807) is 24.3 Å². The van der Waals surface area contributed by atoms with Crippen LogP contribution in [-0.4, -0.2) is 56.5 Å². The van der Waals surface area contributed by atoms with Gasteiger partial charge >= 0.3 is 11.9 Å². The number of carbonyl (C=O) groups excluding carboxylic acids is 3. The van der Waals surface area contributed by atoms with Crippen molar-refractivity contribution in [2.75, 3.05) is 26.4 Å². The normalized spacial score (nSPS) is 19.7. The summed E-state index contributed by atoms with van der Waals surface area (Å²) in [5.41, 5.74) is 0.407. The fourth-order valence-corrected chi connectivity index (χ4v) is 1.66. The molecule has 2 unspecified atom stereocenters. The molecule has 0 saturated carbocycles. The van der Waals surface area contributed by atoms with Gasteiger partial charge < -0.3 is 28.8 Å². The van der Waals surface area contributed by atoms with Gasteiger partial charge in [-0.1, -0.05) is 18.7 Å². The molecule has 2 aliphatic rings. The maximum Gasteiger partial charge on any atom is 0.339 e. The van der Waals surface area contributed by atoms with Crippen LogP contribution in [0, 0.1) is 0 Å². The Labute approximate surface area is 143 Å². The Hall–Kier alpha value is -2.71. The van der Waals surface area contributed by atoms with E-state index < -0.39 is 17.9 Å². The second kappa shape index (κ2) is 8.95. The number of hydrogen-bond acceptors (Lipinski definition) is 8. The van der Waals surface area contributed by atoms with Gasteiger partial charge in [0.05, 0.1) is 30.3 Å². The number of carboxylic acids is 1. The molecule has 0 radical (unpaired) electrons. The van der Waals surface area contributed by atoms with E-state index >= 15 is 0 Å². The number of ether oxygens (including phenoxy) is 4. The first kappa shape index (κ1) is 18.6. The quantitative estimate of drug-likeness (QED) is 0.375. The molecule has 2 atom stereocenters. The summed E-state index contributed by atoms with van der Waals surface area (Å²) in [5.74, 6) is -2.32. The molecule has 8 nitrogen and oxygen atoms in total. The molecule has 0 aliphatic carbocycles. The van der Waals surface area contributed by atoms with E-state index in [0.717, 1.165) is 6.08 Å². The van der Waals surface area contributed by atoms with E-state index in [0.29, 0.717) is 13.2 Å². The van der Waals surface area contributed by atoms with E-state index in [1.807, 2.05) is 0 Å². The van der Waals surface area contributed by atoms with Gasteiger partial charge in [0.2, 0.25) is 0 Å². The van der Waals surface area contributed by atoms with Crippen molar-refractivity contribution >= 4 is 17.9 Å². The lowest BCUT2D eigenvalue weighted by atomic mass is 10.1. The highest BCUT2D eigenvalue weighted by Crippen LogP contribution is 2.16. The second-order valence-electron chi connectivity index (χ2n) is 5.18. The van der Waals surface area contributed by atoms with Gasteiger partial charge in [-0.3, -0.25) is 0 Å². The van der Waals surface area contributed by atoms with Crippen LogP contribution in [0.1, 0.15) is 20.7 Å². The molecule has 2 heterocycles. The third kappa shape index (κ3) is 6.74. The van der Waals surface area contributed by atoms with Crippen molar-refractivity contribution in [1.82, 2.24) is 0 Å². The minimum atomic E-state index is -1.23. The lowest BCUT2D eigenvalue weighted by molar-refractivity contribution is -0.297. The lowest BCUT2D eigenvalue weighted by Gasteiger charge is -2.08. The minimum Gasteiger partial charge on any atom is -0.545 e. The molecule has 8 heteroatoms. The molecule has 0 aromatic heterocycles. The number of epoxide rings is 2. The maximum absolute atomic E-state index is 11.9. The van der Waals surface area contributed by atoms with Gasteiger partial charge in [0, 0.05) is 0 Å². The fraction of sp³-hybridized carbons (Fsp3) is 0.353. The molecule has 0 spiro atoms. The van der Waals surface area contributed by atoms with Crippen LogP contribution in [0.3, 0.4) is 0 Å². The zero-order valence-electron chi connectivity index (χ0n) is 13.3. The third-order valence-corrected chi connectivity index (χ3v) is 3.14. The first-order chi connectivity index (χ1) is 12.0. The van der Waals surface area contributed by atoms with Crippen LogP contribution in [0.4, 0.5) is 0 Å². The zero-order chi connectivity index (χ0) is 18.2. The van der Waals surface area contributed by atoms with Crippen LogP contribution in [0.15, 0.2) is 36.9 Å². The number of benzene rings is 1. The molecule has 2 aliphatic heterocycles. The summed E-state index contributed by atoms with van der Waals surface area (Å²) in [6.07, 6.45) is 0.704. The lowest BCUT2D eigenvalue weighted by Crippen LogP contribution is -2.17. The first-order valence-corrected chi connectivity index (χ1v) is 7.51. The first-order valence-electron chi connectivity index (χ1n) is 7.51. The molecule has 1 aromatic rings. The van der Waals surface area contributed by atoms with Crippen molar-refractivity contribution in [2.24, 2.45) is 0 Å². The van der Waals surface area contributed by atoms with Crippen LogP contribution in [0.5, 0.6) is 0 Å². The van der Waals surface area contributed by atoms with Crippen LogP contribution >= 0.6 is 0 Å². The summed E-state index contributed by atoms with van der Waals surface area (Å²) in [6.45, 7) is 4.53. The smallest absolute Gasteiger partial charge is 0.339 e. The predicted octanol–water partition coefficient (Wildman–Crippen LogP) is -0.280. The van der Waals surface area contributed by atoms with E-state index in [1.165, 1.54) is 0 Å². The molecule has 25 heavy (non-hydrogen) atoms. The van der Waals surface area contributed by atoms with Crippen molar-refractivity contribution in [3.63, 3.8) is 0 Å². The largest absolute Gasteiger partial charge is 0.545 e. The Bertz CT molecular complexity index is 599. The average molecular weight is 349 g/mol. The number of esters is 2. The van der Waals surface area contributed by atoms with Gasteiger partial charge in [0.15, 0.2) is 0 Å². The molecular weight excluding hydrogens is 332 g/mol. The highest BCUT2D eigenvalue weighted by Gasteiger charge is 2.27. The van der Waals surface area contributed by atoms with Gasteiger partial charge in [-0.25, -0.2) is 9.59 Å². The number of aliphatic carboxylic acids is 1. The van der Waals surface area contributed by atoms with Gasteiger partial charge in [0.1, 0.15) is 25.4 Å². The van der Waals surface area contributed by atoms with Crippen LogP contribution in [0.2, 0.25) is 0 Å². The Morgan fingerprint density at radius 2 is 1.40 bits per heavy atom. The number of rotatable bonds is 7. The van der Waals surface area contributed by atoms with Gasteiger partial charge in [-0.15, -0.1) is 0 Å². The molecule has 134 valence electrons. The van der Waals surface area contributed by atoms with E-state index in [-0.39, 0.29) is 36.5 Å². The topological polar surface area (TPSA) is 118 Å². The van der Waals surface area contributed by atoms with E-state index in [9.17, 15) is 9.59 Å². The SMILES string of the molecule is C=CC(=O)[O-].O=C(OCC1CO1)c1ccccc1C(=O)OCC1CO1. The number of carboxylic acid groups (broad SMARTS) is 1. The summed E-state index contributed by atoms with van der Waals surface area (Å²) in [4.78, 5) is 33.0. The van der Waals surface area contributed by atoms with Crippen LogP contribution in [0.25, 0.3) is 0 Å². The molecule has 0 amide bonds. The summed E-state index contributed by atoms with van der Waals surface area (Å²) in [5, 5.41) is 9.14. The van der Waals surface area contributed by atoms with Crippen LogP contribution < -0.4 is 5.11 Å². The van der Waals surface area contributed by atoms with Crippen molar-refractivity contribution < 1.29 is 38.4 Å². The highest BCUT2D eigenvalue weighted by molar-refractivity contribution is 6.03. The average Bonchev–Trinajstić information content (AvgIpc) is 3.52. The van der Waals surface area contributed by atoms with Crippen LogP contribution in [-0.2, 0) is 23.7 Å². The number of hydrogen-bond donors (Lipinski definition) is 0. The zero-order valence-corrected chi connectivity index (χ0v) is 13.3. The number of carbonyl (C=O) groups is 3. The Kier molecular flexibility index (Phi) is 6.67. The summed E-state index contributed by atoms with van der Waals surface area (Å²) in [6, 6.07) is 6.43. The second-order valence-corrected chi connectivity index (χ2v) is 5.18. The molecule has 2 fully saturated rings. The standard InChI is InChI=1S/C14H14O6.C3H4O2/c15-13(19-7-9-5-17-9)11-3-1-2-4-12(11)14(16)20-8-10-6-18-10;1-2-3(4)5/h1-4,9-10H,5-8H2;2H,1H2,(H,4,5)/p-1. The Morgan fingerprint density at radius 3 is 1.68 bits per heavy atom. The molecule has 0 N–H and O–H groups in total. The van der Waals surface area contributed by atoms with Crippen molar-refractivity contribution in [3.05, 3.63) is 48.0 Å². The van der Waals surface area contributed by atoms with Gasteiger partial charge in [0.25, 0.3) is 0 Å². The minimum absolute atomic E-state index is 0.00919. The van der Waals surface area contributed by atoms with Crippen molar-refractivity contribution in [2.45, 2.75) is 12.2 Å². The third-order valence-electron chi connectivity index (χ3n) is 3.14. The van der Waals surface area contributed by atoms with Crippen molar-refractivity contribution in [3.8, 4) is 0 Å². The monoisotopic (exact) mass is 349 g/mol. The van der Waals surface area contributed by atoms with Gasteiger partial charge in [-0.05, 0) is 18.2 Å². The van der Waals surface area contributed by atoms with E-state index in [2.05, 4.69) is 6.58 Å². The molecule has 3 rings (SSSR count). The van der Waals surface area contributed by atoms with Gasteiger partial charge in [-0.2, -0.15) is 0 Å². The molecule has 2 saturated heterocycles. The Balaban J connectivity index is 0.000000399. The fourth-order valence-electron chi connectivity index (χ4n) is 1.66. The van der Waals surface area contributed by atoms with Crippen molar-refractivity contribution in [1.29, 1.82) is 0 Å². The summed E-state index contributed by atoms with van der Waals surface area (Å²) in [7, 11) is 0. The summed E-state index contributed by atoms with van der Waals surface area (Å²) >= 11 is 0. The molecular formula is C17H17O8-. The summed E-state index contributed by atoms with van der Waals surface area (Å²) < 4.78 is 20.1. The maximum atomic E-state index is 11.9. The highest BCUT2D eigenvalue weighted by atomic mass is 16.6. The molecule has 0 bridgehead atoms. The predicted molar refractivity (Wildman–Crippen MR) is 81.7 cm³/mol.